The number of nitrogens with zero attached hydrogens (tertiary/aromatic N) is 1. The molecule has 3 heteroatoms. The Kier molecular flexibility index (Phi) is 8.55. The van der Waals surface area contributed by atoms with Gasteiger partial charge in [-0.3, -0.25) is 0 Å². The Morgan fingerprint density at radius 1 is 0.312 bits per heavy atom. The summed E-state index contributed by atoms with van der Waals surface area (Å²) in [7, 11) is 0. The van der Waals surface area contributed by atoms with E-state index in [1.807, 2.05) is 22.7 Å². The lowest BCUT2D eigenvalue weighted by atomic mass is 9.68. The number of fused-ring (bicyclic) bond motifs is 9. The van der Waals surface area contributed by atoms with Gasteiger partial charge < -0.3 is 4.90 Å². The highest BCUT2D eigenvalue weighted by Gasteiger charge is 2.47. The first kappa shape index (κ1) is 37.0. The van der Waals surface area contributed by atoms with Gasteiger partial charge in [-0.15, -0.1) is 22.7 Å². The molecule has 300 valence electrons. The molecule has 0 radical (unpaired) electrons. The number of anilines is 3. The van der Waals surface area contributed by atoms with Gasteiger partial charge in [0.2, 0.25) is 0 Å². The van der Waals surface area contributed by atoms with Gasteiger partial charge in [0.05, 0.1) is 11.1 Å². The highest BCUT2D eigenvalue weighted by molar-refractivity contribution is 7.26. The lowest BCUT2D eigenvalue weighted by Gasteiger charge is -2.34. The number of hydrogen-bond donors (Lipinski definition) is 0. The largest absolute Gasteiger partial charge is 0.310 e. The van der Waals surface area contributed by atoms with E-state index in [-0.39, 0.29) is 0 Å². The first-order valence-corrected chi connectivity index (χ1v) is 23.5. The average molecular weight is 850 g/mol. The molecule has 1 nitrogen and oxygen atoms in total. The molecule has 13 rings (SSSR count). The molecule has 1 aliphatic rings. The summed E-state index contributed by atoms with van der Waals surface area (Å²) in [5, 5.41) is 5.27. The number of hydrogen-bond acceptors (Lipinski definition) is 3. The molecule has 10 aromatic carbocycles. The highest BCUT2D eigenvalue weighted by atomic mass is 32.1. The van der Waals surface area contributed by atoms with Crippen LogP contribution in [0.2, 0.25) is 0 Å². The van der Waals surface area contributed by atoms with Gasteiger partial charge in [0.15, 0.2) is 0 Å². The van der Waals surface area contributed by atoms with E-state index in [0.717, 1.165) is 17.1 Å². The third-order valence-corrected chi connectivity index (χ3v) is 15.7. The first-order valence-electron chi connectivity index (χ1n) is 21.9. The van der Waals surface area contributed by atoms with E-state index in [0.29, 0.717) is 0 Å². The van der Waals surface area contributed by atoms with Gasteiger partial charge >= 0.3 is 0 Å². The van der Waals surface area contributed by atoms with Crippen LogP contribution in [0.1, 0.15) is 22.3 Å². The molecule has 0 saturated heterocycles. The van der Waals surface area contributed by atoms with E-state index < -0.39 is 5.41 Å². The molecule has 0 aliphatic heterocycles. The van der Waals surface area contributed by atoms with Crippen molar-refractivity contribution in [3.05, 3.63) is 259 Å². The van der Waals surface area contributed by atoms with Crippen molar-refractivity contribution in [3.8, 4) is 33.4 Å². The van der Waals surface area contributed by atoms with E-state index >= 15 is 0 Å². The van der Waals surface area contributed by atoms with Crippen LogP contribution < -0.4 is 4.90 Å². The van der Waals surface area contributed by atoms with E-state index in [1.165, 1.54) is 96.0 Å². The lowest BCUT2D eigenvalue weighted by molar-refractivity contribution is 0.768. The molecular weight excluding hydrogens is 811 g/mol. The zero-order chi connectivity index (χ0) is 42.2. The monoisotopic (exact) mass is 849 g/mol. The van der Waals surface area contributed by atoms with Gasteiger partial charge in [0.25, 0.3) is 0 Å². The van der Waals surface area contributed by atoms with Crippen LogP contribution in [0, 0.1) is 0 Å². The molecule has 0 spiro atoms. The molecule has 0 fully saturated rings. The van der Waals surface area contributed by atoms with E-state index in [4.69, 9.17) is 0 Å². The first-order chi connectivity index (χ1) is 31.7. The molecule has 0 amide bonds. The summed E-state index contributed by atoms with van der Waals surface area (Å²) in [6.07, 6.45) is 0. The number of rotatable bonds is 7. The van der Waals surface area contributed by atoms with Crippen LogP contribution in [0.25, 0.3) is 73.7 Å². The lowest BCUT2D eigenvalue weighted by Crippen LogP contribution is -2.28. The Labute approximate surface area is 380 Å². The van der Waals surface area contributed by atoms with Crippen molar-refractivity contribution in [2.45, 2.75) is 5.41 Å². The molecule has 0 saturated carbocycles. The van der Waals surface area contributed by atoms with Crippen molar-refractivity contribution in [3.63, 3.8) is 0 Å². The number of thiophene rings is 2. The molecule has 2 aromatic heterocycles. The Morgan fingerprint density at radius 2 is 0.750 bits per heavy atom. The molecule has 0 atom stereocenters. The van der Waals surface area contributed by atoms with Gasteiger partial charge in [0.1, 0.15) is 0 Å². The Morgan fingerprint density at radius 3 is 1.30 bits per heavy atom. The van der Waals surface area contributed by atoms with Crippen LogP contribution in [0.4, 0.5) is 17.1 Å². The minimum atomic E-state index is -0.501. The third-order valence-electron chi connectivity index (χ3n) is 13.4. The minimum Gasteiger partial charge on any atom is -0.310 e. The zero-order valence-corrected chi connectivity index (χ0v) is 36.4. The maximum absolute atomic E-state index is 2.47. The van der Waals surface area contributed by atoms with Gasteiger partial charge in [0, 0.05) is 57.3 Å². The average Bonchev–Trinajstić information content (AvgIpc) is 4.03. The second-order valence-corrected chi connectivity index (χ2v) is 18.9. The fraction of sp³-hybridized carbons (Fsp3) is 0.0164. The van der Waals surface area contributed by atoms with E-state index in [2.05, 4.69) is 241 Å². The normalized spacial score (nSPS) is 12.8. The van der Waals surface area contributed by atoms with Crippen molar-refractivity contribution in [1.29, 1.82) is 0 Å². The van der Waals surface area contributed by atoms with E-state index in [9.17, 15) is 0 Å². The van der Waals surface area contributed by atoms with E-state index in [1.54, 1.807) is 0 Å². The minimum absolute atomic E-state index is 0.501. The molecule has 12 aromatic rings. The molecule has 0 unspecified atom stereocenters. The van der Waals surface area contributed by atoms with Gasteiger partial charge in [-0.25, -0.2) is 0 Å². The highest BCUT2D eigenvalue weighted by Crippen LogP contribution is 2.59. The van der Waals surface area contributed by atoms with Crippen molar-refractivity contribution < 1.29 is 0 Å². The molecule has 64 heavy (non-hydrogen) atoms. The van der Waals surface area contributed by atoms with Gasteiger partial charge in [-0.1, -0.05) is 170 Å². The van der Waals surface area contributed by atoms with Crippen LogP contribution >= 0.6 is 22.7 Å². The maximum atomic E-state index is 2.47. The Balaban J connectivity index is 0.994. The summed E-state index contributed by atoms with van der Waals surface area (Å²) < 4.78 is 5.29. The van der Waals surface area contributed by atoms with Gasteiger partial charge in [-0.05, 0) is 117 Å². The standard InChI is InChI=1S/C61H39NS2/c1-3-14-44(15-4-1)61(45-16-5-2-6-17-45)53-21-10-7-20-50(53)60-54(61)22-13-23-55(60)62(46-32-26-40(27-33-46)42-30-36-58-51(38-42)48-18-8-11-24-56(48)63-58)47-34-28-41(29-35-47)43-31-37-59-52(39-43)49-19-9-12-25-57(49)64-59/h1-39H. The molecule has 0 bridgehead atoms. The molecule has 0 N–H and O–H groups in total. The topological polar surface area (TPSA) is 3.24 Å². The van der Waals surface area contributed by atoms with Crippen LogP contribution in [-0.2, 0) is 5.41 Å². The Hall–Kier alpha value is -7.56. The molecule has 2 heterocycles. The second kappa shape index (κ2) is 14.8. The summed E-state index contributed by atoms with van der Waals surface area (Å²) in [6.45, 7) is 0. The maximum Gasteiger partial charge on any atom is 0.0714 e. The summed E-state index contributed by atoms with van der Waals surface area (Å²) in [5.41, 5.74) is 15.3. The predicted octanol–water partition coefficient (Wildman–Crippen LogP) is 17.6. The van der Waals surface area contributed by atoms with Crippen molar-refractivity contribution in [2.24, 2.45) is 0 Å². The summed E-state index contributed by atoms with van der Waals surface area (Å²) in [4.78, 5) is 2.47. The fourth-order valence-corrected chi connectivity index (χ4v) is 12.7. The van der Waals surface area contributed by atoms with Crippen LogP contribution in [0.3, 0.4) is 0 Å². The van der Waals surface area contributed by atoms with Crippen molar-refractivity contribution in [2.75, 3.05) is 4.90 Å². The van der Waals surface area contributed by atoms with Gasteiger partial charge in [-0.2, -0.15) is 0 Å². The molecule has 1 aliphatic carbocycles. The zero-order valence-electron chi connectivity index (χ0n) is 34.8. The SMILES string of the molecule is c1ccc(C2(c3ccccc3)c3ccccc3-c3c(N(c4ccc(-c5ccc6sc7ccccc7c6c5)cc4)c4ccc(-c5ccc6sc7ccccc7c6c5)cc4)cccc32)cc1. The number of benzene rings is 10. The Bertz CT molecular complexity index is 3520. The predicted molar refractivity (Wildman–Crippen MR) is 275 cm³/mol. The smallest absolute Gasteiger partial charge is 0.0714 e. The quantitative estimate of drug-likeness (QED) is 0.154. The van der Waals surface area contributed by atoms with Crippen LogP contribution in [0.5, 0.6) is 0 Å². The van der Waals surface area contributed by atoms with Crippen molar-refractivity contribution >= 4 is 80.1 Å². The summed E-state index contributed by atoms with van der Waals surface area (Å²) in [5.74, 6) is 0. The summed E-state index contributed by atoms with van der Waals surface area (Å²) >= 11 is 3.73. The molecular formula is C61H39NS2. The van der Waals surface area contributed by atoms with Crippen LogP contribution in [-0.4, -0.2) is 0 Å². The van der Waals surface area contributed by atoms with Crippen molar-refractivity contribution in [1.82, 2.24) is 0 Å². The third kappa shape index (κ3) is 5.68. The second-order valence-electron chi connectivity index (χ2n) is 16.8. The summed E-state index contributed by atoms with van der Waals surface area (Å²) in [6, 6.07) is 87.9. The van der Waals surface area contributed by atoms with Crippen LogP contribution in [0.15, 0.2) is 237 Å². The fourth-order valence-electron chi connectivity index (χ4n) is 10.5.